The summed E-state index contributed by atoms with van der Waals surface area (Å²) in [5, 5.41) is 0.185. The minimum atomic E-state index is 0.0336. The molecule has 2 rings (SSSR count). The highest BCUT2D eigenvalue weighted by molar-refractivity contribution is 8.00. The molecule has 2 unspecified atom stereocenters. The van der Waals surface area contributed by atoms with Gasteiger partial charge in [0.2, 0.25) is 5.91 Å². The monoisotopic (exact) mass is 244 g/mol. The van der Waals surface area contributed by atoms with Gasteiger partial charge in [0, 0.05) is 19.6 Å². The molecule has 2 N–H and O–H groups in total. The summed E-state index contributed by atoms with van der Waals surface area (Å²) in [6.07, 6.45) is 3.51. The maximum Gasteiger partial charge on any atom is 0.235 e. The lowest BCUT2D eigenvalue weighted by Crippen LogP contribution is -2.50. The van der Waals surface area contributed by atoms with E-state index in [-0.39, 0.29) is 11.4 Å². The highest BCUT2D eigenvalue weighted by atomic mass is 32.2. The highest BCUT2D eigenvalue weighted by Gasteiger charge is 2.29. The molecule has 16 heavy (non-hydrogen) atoms. The lowest BCUT2D eigenvalue weighted by Gasteiger charge is -2.35. The Balaban J connectivity index is 1.87. The summed E-state index contributed by atoms with van der Waals surface area (Å²) in [6, 6.07) is 0. The Morgan fingerprint density at radius 1 is 1.50 bits per heavy atom. The lowest BCUT2D eigenvalue weighted by atomic mass is 10.1. The Morgan fingerprint density at radius 3 is 3.06 bits per heavy atom. The molecular formula is C11H20N2O2S. The number of rotatable bonds is 2. The van der Waals surface area contributed by atoms with E-state index in [1.165, 1.54) is 12.8 Å². The van der Waals surface area contributed by atoms with Gasteiger partial charge in [0.1, 0.15) is 0 Å². The average Bonchev–Trinajstić information content (AvgIpc) is 2.39. The van der Waals surface area contributed by atoms with Gasteiger partial charge in [-0.3, -0.25) is 4.79 Å². The summed E-state index contributed by atoms with van der Waals surface area (Å²) in [5.74, 6) is 1.42. The molecule has 0 radical (unpaired) electrons. The van der Waals surface area contributed by atoms with E-state index in [9.17, 15) is 4.79 Å². The molecule has 0 bridgehead atoms. The molecule has 92 valence electrons. The Morgan fingerprint density at radius 2 is 2.38 bits per heavy atom. The highest BCUT2D eigenvalue weighted by Crippen LogP contribution is 2.27. The molecule has 1 amide bonds. The number of thioether (sulfide) groups is 1. The van der Waals surface area contributed by atoms with Crippen molar-refractivity contribution in [1.82, 2.24) is 4.90 Å². The summed E-state index contributed by atoms with van der Waals surface area (Å²) in [4.78, 5) is 14.2. The van der Waals surface area contributed by atoms with Gasteiger partial charge in [0.25, 0.3) is 0 Å². The molecule has 0 aromatic rings. The maximum atomic E-state index is 12.2. The molecular weight excluding hydrogens is 224 g/mol. The van der Waals surface area contributed by atoms with E-state index in [2.05, 4.69) is 0 Å². The standard InChI is InChI=1S/C11H20N2O2S/c12-7-9-8-13(4-5-15-9)11(14)10-3-1-2-6-16-10/h9-10H,1-8,12H2. The van der Waals surface area contributed by atoms with Crippen molar-refractivity contribution in [2.24, 2.45) is 5.73 Å². The van der Waals surface area contributed by atoms with Gasteiger partial charge in [-0.2, -0.15) is 0 Å². The van der Waals surface area contributed by atoms with Crippen LogP contribution in [0, 0.1) is 0 Å². The minimum absolute atomic E-state index is 0.0336. The Labute approximate surface area is 101 Å². The van der Waals surface area contributed by atoms with Crippen LogP contribution in [-0.2, 0) is 9.53 Å². The number of carbonyl (C=O) groups excluding carboxylic acids is 1. The Bertz CT molecular complexity index is 244. The van der Waals surface area contributed by atoms with E-state index in [0.717, 1.165) is 18.7 Å². The van der Waals surface area contributed by atoms with Crippen molar-refractivity contribution in [3.05, 3.63) is 0 Å². The average molecular weight is 244 g/mol. The number of nitrogens with two attached hydrogens (primary N) is 1. The van der Waals surface area contributed by atoms with Gasteiger partial charge in [-0.25, -0.2) is 0 Å². The summed E-state index contributed by atoms with van der Waals surface area (Å²) in [6.45, 7) is 2.53. The fourth-order valence-electron chi connectivity index (χ4n) is 2.20. The van der Waals surface area contributed by atoms with E-state index in [4.69, 9.17) is 10.5 Å². The van der Waals surface area contributed by atoms with Gasteiger partial charge in [0.15, 0.2) is 0 Å². The zero-order valence-corrected chi connectivity index (χ0v) is 10.4. The molecule has 0 saturated carbocycles. The minimum Gasteiger partial charge on any atom is -0.373 e. The first-order chi connectivity index (χ1) is 7.81. The van der Waals surface area contributed by atoms with Gasteiger partial charge in [-0.15, -0.1) is 11.8 Å². The lowest BCUT2D eigenvalue weighted by molar-refractivity contribution is -0.137. The van der Waals surface area contributed by atoms with Crippen LogP contribution in [0.15, 0.2) is 0 Å². The van der Waals surface area contributed by atoms with Crippen LogP contribution in [0.1, 0.15) is 19.3 Å². The predicted octanol–water partition coefficient (Wildman–Crippen LogP) is 0.458. The van der Waals surface area contributed by atoms with Gasteiger partial charge in [-0.1, -0.05) is 6.42 Å². The number of morpholine rings is 1. The molecule has 0 aromatic heterocycles. The smallest absolute Gasteiger partial charge is 0.235 e. The quantitative estimate of drug-likeness (QED) is 0.766. The molecule has 0 spiro atoms. The summed E-state index contributed by atoms with van der Waals surface area (Å²) < 4.78 is 5.47. The van der Waals surface area contributed by atoms with Crippen molar-refractivity contribution in [1.29, 1.82) is 0 Å². The first-order valence-electron chi connectivity index (χ1n) is 6.03. The number of nitrogens with zero attached hydrogens (tertiary/aromatic N) is 1. The van der Waals surface area contributed by atoms with E-state index in [1.807, 2.05) is 16.7 Å². The summed E-state index contributed by atoms with van der Waals surface area (Å²) in [5.41, 5.74) is 5.58. The predicted molar refractivity (Wildman–Crippen MR) is 65.5 cm³/mol. The van der Waals surface area contributed by atoms with E-state index in [1.54, 1.807) is 0 Å². The van der Waals surface area contributed by atoms with Gasteiger partial charge in [-0.05, 0) is 18.6 Å². The van der Waals surface area contributed by atoms with Crippen LogP contribution in [0.5, 0.6) is 0 Å². The third kappa shape index (κ3) is 2.90. The number of carbonyl (C=O) groups is 1. The third-order valence-electron chi connectivity index (χ3n) is 3.17. The molecule has 2 aliphatic heterocycles. The molecule has 2 atom stereocenters. The number of hydrogen-bond acceptors (Lipinski definition) is 4. The van der Waals surface area contributed by atoms with Crippen LogP contribution >= 0.6 is 11.8 Å². The number of hydrogen-bond donors (Lipinski definition) is 1. The van der Waals surface area contributed by atoms with Gasteiger partial charge < -0.3 is 15.4 Å². The topological polar surface area (TPSA) is 55.6 Å². The number of amides is 1. The van der Waals surface area contributed by atoms with Crippen molar-refractivity contribution in [2.45, 2.75) is 30.6 Å². The molecule has 2 fully saturated rings. The molecule has 2 aliphatic rings. The third-order valence-corrected chi connectivity index (χ3v) is 4.53. The van der Waals surface area contributed by atoms with Crippen LogP contribution in [0.4, 0.5) is 0 Å². The SMILES string of the molecule is NCC1CN(C(=O)C2CCCCS2)CCO1. The van der Waals surface area contributed by atoms with Crippen molar-refractivity contribution < 1.29 is 9.53 Å². The molecule has 2 heterocycles. The van der Waals surface area contributed by atoms with Crippen LogP contribution in [0.25, 0.3) is 0 Å². The van der Waals surface area contributed by atoms with E-state index >= 15 is 0 Å². The molecule has 4 nitrogen and oxygen atoms in total. The van der Waals surface area contributed by atoms with Crippen molar-refractivity contribution in [2.75, 3.05) is 32.0 Å². The van der Waals surface area contributed by atoms with Crippen molar-refractivity contribution in [3.63, 3.8) is 0 Å². The zero-order chi connectivity index (χ0) is 11.4. The fourth-order valence-corrected chi connectivity index (χ4v) is 3.48. The molecule has 0 aliphatic carbocycles. The van der Waals surface area contributed by atoms with Crippen LogP contribution < -0.4 is 5.73 Å². The summed E-state index contributed by atoms with van der Waals surface area (Å²) >= 11 is 1.81. The molecule has 2 saturated heterocycles. The van der Waals surface area contributed by atoms with Gasteiger partial charge in [0.05, 0.1) is 18.0 Å². The second-order valence-electron chi connectivity index (χ2n) is 4.37. The van der Waals surface area contributed by atoms with Gasteiger partial charge >= 0.3 is 0 Å². The first kappa shape index (κ1) is 12.2. The Kier molecular flexibility index (Phi) is 4.49. The maximum absolute atomic E-state index is 12.2. The number of ether oxygens (including phenoxy) is 1. The Hall–Kier alpha value is -0.260. The molecule has 5 heteroatoms. The first-order valence-corrected chi connectivity index (χ1v) is 7.08. The summed E-state index contributed by atoms with van der Waals surface area (Å²) in [7, 11) is 0. The van der Waals surface area contributed by atoms with Crippen LogP contribution in [-0.4, -0.2) is 54.2 Å². The second-order valence-corrected chi connectivity index (χ2v) is 5.68. The second kappa shape index (κ2) is 5.89. The van der Waals surface area contributed by atoms with E-state index < -0.39 is 0 Å². The van der Waals surface area contributed by atoms with E-state index in [0.29, 0.717) is 25.6 Å². The zero-order valence-electron chi connectivity index (χ0n) is 9.56. The normalized spacial score (nSPS) is 31.4. The van der Waals surface area contributed by atoms with Crippen LogP contribution in [0.2, 0.25) is 0 Å². The van der Waals surface area contributed by atoms with Crippen molar-refractivity contribution in [3.8, 4) is 0 Å². The molecule has 0 aromatic carbocycles. The van der Waals surface area contributed by atoms with Crippen LogP contribution in [0.3, 0.4) is 0 Å². The largest absolute Gasteiger partial charge is 0.373 e. The van der Waals surface area contributed by atoms with Crippen molar-refractivity contribution >= 4 is 17.7 Å². The fraction of sp³-hybridized carbons (Fsp3) is 0.909.